The van der Waals surface area contributed by atoms with Crippen LogP contribution in [-0.4, -0.2) is 63.4 Å². The van der Waals surface area contributed by atoms with Crippen LogP contribution in [0.15, 0.2) is 48.7 Å². The monoisotopic (exact) mass is 602 g/mol. The summed E-state index contributed by atoms with van der Waals surface area (Å²) in [6.07, 6.45) is 2.68. The highest BCUT2D eigenvalue weighted by Crippen LogP contribution is 2.62. The third kappa shape index (κ3) is 4.42. The lowest BCUT2D eigenvalue weighted by Gasteiger charge is -2.28. The Hall–Kier alpha value is -3.86. The van der Waals surface area contributed by atoms with Crippen molar-refractivity contribution in [1.29, 1.82) is 0 Å². The van der Waals surface area contributed by atoms with E-state index in [0.717, 1.165) is 49.0 Å². The minimum atomic E-state index is -1.01. The van der Waals surface area contributed by atoms with Crippen molar-refractivity contribution >= 4 is 28.6 Å². The number of rotatable bonds is 8. The number of carboxylic acid groups (broad SMARTS) is 1. The van der Waals surface area contributed by atoms with Gasteiger partial charge in [0.05, 0.1) is 42.4 Å². The number of methoxy groups -OCH3 is 1. The molecule has 222 valence electrons. The number of aromatic carboxylic acids is 1. The van der Waals surface area contributed by atoms with Crippen LogP contribution in [0.25, 0.3) is 11.0 Å². The lowest BCUT2D eigenvalue weighted by atomic mass is 10.0. The van der Waals surface area contributed by atoms with Gasteiger partial charge in [0, 0.05) is 38.4 Å². The van der Waals surface area contributed by atoms with Gasteiger partial charge in [-0.1, -0.05) is 23.7 Å². The lowest BCUT2D eigenvalue weighted by molar-refractivity contribution is -0.0721. The van der Waals surface area contributed by atoms with Gasteiger partial charge in [0.15, 0.2) is 11.5 Å². The van der Waals surface area contributed by atoms with E-state index < -0.39 is 11.8 Å². The molecule has 2 aromatic carbocycles. The van der Waals surface area contributed by atoms with Gasteiger partial charge in [0.25, 0.3) is 5.79 Å². The fourth-order valence-electron chi connectivity index (χ4n) is 7.04. The van der Waals surface area contributed by atoms with E-state index in [0.29, 0.717) is 52.8 Å². The summed E-state index contributed by atoms with van der Waals surface area (Å²) in [6, 6.07) is 13.0. The van der Waals surface area contributed by atoms with Gasteiger partial charge >= 0.3 is 5.97 Å². The van der Waals surface area contributed by atoms with E-state index in [9.17, 15) is 9.90 Å². The first-order valence-corrected chi connectivity index (χ1v) is 15.0. The summed E-state index contributed by atoms with van der Waals surface area (Å²) >= 11 is 6.05. The van der Waals surface area contributed by atoms with E-state index in [1.165, 1.54) is 5.56 Å². The first-order chi connectivity index (χ1) is 20.8. The summed E-state index contributed by atoms with van der Waals surface area (Å²) in [6.45, 7) is 5.82. The molecular weight excluding hydrogens is 572 g/mol. The zero-order valence-electron chi connectivity index (χ0n) is 23.8. The van der Waals surface area contributed by atoms with Crippen LogP contribution in [0.3, 0.4) is 0 Å². The van der Waals surface area contributed by atoms with Gasteiger partial charge in [-0.2, -0.15) is 0 Å². The number of likely N-dealkylation sites (tertiary alicyclic amines) is 1. The van der Waals surface area contributed by atoms with E-state index >= 15 is 0 Å². The Morgan fingerprint density at radius 1 is 1.19 bits per heavy atom. The zero-order chi connectivity index (χ0) is 29.5. The van der Waals surface area contributed by atoms with Crippen molar-refractivity contribution in [2.75, 3.05) is 26.8 Å². The molecule has 1 aliphatic carbocycles. The molecule has 5 heterocycles. The first kappa shape index (κ1) is 26.7. The maximum atomic E-state index is 11.8. The Kier molecular flexibility index (Phi) is 6.12. The molecule has 0 unspecified atom stereocenters. The number of benzene rings is 2. The largest absolute Gasteiger partial charge is 0.494 e. The van der Waals surface area contributed by atoms with E-state index in [1.807, 2.05) is 25.1 Å². The fraction of sp³-hybridized carbons (Fsp3) is 0.406. The average Bonchev–Trinajstić information content (AvgIpc) is 3.25. The Labute approximate surface area is 253 Å². The standard InChI is InChI=1S/C32H31ClN4O6/c1-32(26-7-6-18(33)12-34-26)42-24-5-3-4-20(30(24)43-32)28-21-14-36(15-22(21)28)16-27-35-29-23(37(27)13-19-8-9-41-19)10-17(31(38)39)11-25(29)40-2/h3-7,10-12,19,21-22,28H,8-9,13-16H2,1-2H3,(H,38,39)/t19-,21-,22+,28+,32+/m0/s1. The maximum Gasteiger partial charge on any atom is 0.335 e. The van der Waals surface area contributed by atoms with Crippen LogP contribution in [0.2, 0.25) is 5.02 Å². The minimum absolute atomic E-state index is 0.100. The molecular formula is C32H31ClN4O6. The third-order valence-electron chi connectivity index (χ3n) is 9.34. The number of imidazole rings is 1. The number of para-hydroxylation sites is 1. The second kappa shape index (κ2) is 9.83. The predicted molar refractivity (Wildman–Crippen MR) is 157 cm³/mol. The molecule has 1 saturated carbocycles. The third-order valence-corrected chi connectivity index (χ3v) is 9.57. The van der Waals surface area contributed by atoms with Crippen LogP contribution in [0.4, 0.5) is 0 Å². The number of carbonyl (C=O) groups is 1. The second-order valence-electron chi connectivity index (χ2n) is 12.0. The van der Waals surface area contributed by atoms with Gasteiger partial charge in [-0.05, 0) is 54.5 Å². The number of aromatic nitrogens is 3. The Morgan fingerprint density at radius 3 is 2.67 bits per heavy atom. The summed E-state index contributed by atoms with van der Waals surface area (Å²) in [4.78, 5) is 23.7. The van der Waals surface area contributed by atoms with Crippen molar-refractivity contribution in [3.63, 3.8) is 0 Å². The van der Waals surface area contributed by atoms with Crippen LogP contribution in [0, 0.1) is 11.8 Å². The van der Waals surface area contributed by atoms with E-state index in [-0.39, 0.29) is 11.7 Å². The molecule has 3 fully saturated rings. The van der Waals surface area contributed by atoms with Crippen molar-refractivity contribution in [2.24, 2.45) is 11.8 Å². The van der Waals surface area contributed by atoms with E-state index in [2.05, 4.69) is 20.5 Å². The highest BCUT2D eigenvalue weighted by atomic mass is 35.5. The van der Waals surface area contributed by atoms with Gasteiger partial charge in [-0.15, -0.1) is 0 Å². The van der Waals surface area contributed by atoms with Crippen molar-refractivity contribution in [2.45, 2.75) is 44.2 Å². The molecule has 2 aromatic heterocycles. The van der Waals surface area contributed by atoms with Crippen molar-refractivity contribution < 1.29 is 28.8 Å². The molecule has 0 spiro atoms. The smallest absolute Gasteiger partial charge is 0.335 e. The summed E-state index contributed by atoms with van der Waals surface area (Å²) < 4.78 is 26.2. The number of piperidine rings is 1. The Bertz CT molecular complexity index is 1740. The molecule has 0 bridgehead atoms. The molecule has 5 atom stereocenters. The number of halogens is 1. The SMILES string of the molecule is COc1cc(C(=O)O)cc2c1nc(CN1C[C@@H]3[C@H](C1)[C@H]3c1cccc3c1O[C@](C)(c1ccc(Cl)cn1)O3)n2C[C@@H]1CCO1. The second-order valence-corrected chi connectivity index (χ2v) is 12.4. The highest BCUT2D eigenvalue weighted by molar-refractivity contribution is 6.30. The topological polar surface area (TPSA) is 108 Å². The fourth-order valence-corrected chi connectivity index (χ4v) is 7.15. The number of fused-ring (bicyclic) bond motifs is 3. The van der Waals surface area contributed by atoms with Crippen LogP contribution in [0.1, 0.15) is 46.7 Å². The molecule has 0 radical (unpaired) electrons. The van der Waals surface area contributed by atoms with Gasteiger partial charge in [0.2, 0.25) is 0 Å². The van der Waals surface area contributed by atoms with Gasteiger partial charge in [-0.25, -0.2) is 9.78 Å². The molecule has 0 amide bonds. The molecule has 8 rings (SSSR count). The predicted octanol–water partition coefficient (Wildman–Crippen LogP) is 5.07. The van der Waals surface area contributed by atoms with Gasteiger partial charge in [-0.3, -0.25) is 9.88 Å². The van der Waals surface area contributed by atoms with E-state index in [1.54, 1.807) is 31.5 Å². The van der Waals surface area contributed by atoms with Crippen LogP contribution in [-0.2, 0) is 23.6 Å². The quantitative estimate of drug-likeness (QED) is 0.296. The summed E-state index contributed by atoms with van der Waals surface area (Å²) in [5.41, 5.74) is 3.48. The normalized spacial score (nSPS) is 27.2. The highest BCUT2D eigenvalue weighted by Gasteiger charge is 2.58. The van der Waals surface area contributed by atoms with Gasteiger partial charge in [0.1, 0.15) is 22.8 Å². The molecule has 11 heteroatoms. The molecule has 2 saturated heterocycles. The average molecular weight is 603 g/mol. The number of hydrogen-bond donors (Lipinski definition) is 1. The number of ether oxygens (including phenoxy) is 4. The Morgan fingerprint density at radius 2 is 2.00 bits per heavy atom. The van der Waals surface area contributed by atoms with Crippen LogP contribution < -0.4 is 14.2 Å². The molecule has 4 aromatic rings. The molecule has 10 nitrogen and oxygen atoms in total. The number of pyridine rings is 1. The summed E-state index contributed by atoms with van der Waals surface area (Å²) in [5.74, 6) is 2.32. The lowest BCUT2D eigenvalue weighted by Crippen LogP contribution is -2.33. The maximum absolute atomic E-state index is 11.8. The molecule has 43 heavy (non-hydrogen) atoms. The van der Waals surface area contributed by atoms with Crippen molar-refractivity contribution in [1.82, 2.24) is 19.4 Å². The first-order valence-electron chi connectivity index (χ1n) is 14.6. The number of carboxylic acids is 1. The van der Waals surface area contributed by atoms with Gasteiger partial charge < -0.3 is 28.6 Å². The van der Waals surface area contributed by atoms with Crippen molar-refractivity contribution in [3.05, 3.63) is 76.3 Å². The Balaban J connectivity index is 1.02. The van der Waals surface area contributed by atoms with Crippen LogP contribution in [0.5, 0.6) is 17.2 Å². The number of nitrogens with zero attached hydrogens (tertiary/aromatic N) is 4. The molecule has 4 aliphatic rings. The number of hydrogen-bond acceptors (Lipinski definition) is 8. The van der Waals surface area contributed by atoms with Crippen molar-refractivity contribution in [3.8, 4) is 17.2 Å². The summed E-state index contributed by atoms with van der Waals surface area (Å²) in [7, 11) is 1.55. The summed E-state index contributed by atoms with van der Waals surface area (Å²) in [5, 5.41) is 10.3. The van der Waals surface area contributed by atoms with Crippen LogP contribution >= 0.6 is 11.6 Å². The zero-order valence-corrected chi connectivity index (χ0v) is 24.6. The minimum Gasteiger partial charge on any atom is -0.494 e. The molecule has 3 aliphatic heterocycles. The van der Waals surface area contributed by atoms with E-state index in [4.69, 9.17) is 35.5 Å². The molecule has 1 N–H and O–H groups in total.